The Morgan fingerprint density at radius 3 is 2.94 bits per heavy atom. The lowest BCUT2D eigenvalue weighted by atomic mass is 10.3. The fraction of sp³-hybridized carbons (Fsp3) is 0.636. The van der Waals surface area contributed by atoms with Crippen molar-refractivity contribution in [1.82, 2.24) is 9.55 Å². The van der Waals surface area contributed by atoms with Gasteiger partial charge in [-0.05, 0) is 13.3 Å². The van der Waals surface area contributed by atoms with E-state index in [0.29, 0.717) is 18.1 Å². The molecule has 0 saturated carbocycles. The lowest BCUT2D eigenvalue weighted by Gasteiger charge is -2.06. The van der Waals surface area contributed by atoms with Crippen LogP contribution in [0.1, 0.15) is 37.2 Å². The first kappa shape index (κ1) is 12.5. The van der Waals surface area contributed by atoms with Gasteiger partial charge in [0.2, 0.25) is 0 Å². The quantitative estimate of drug-likeness (QED) is 0.592. The van der Waals surface area contributed by atoms with E-state index < -0.39 is 0 Å². The number of imidazole rings is 1. The van der Waals surface area contributed by atoms with Crippen LogP contribution in [-0.4, -0.2) is 28.7 Å². The van der Waals surface area contributed by atoms with Crippen molar-refractivity contribution in [3.63, 3.8) is 0 Å². The maximum Gasteiger partial charge on any atom is 0.358 e. The summed E-state index contributed by atoms with van der Waals surface area (Å²) in [6.07, 6.45) is 3.77. The molecule has 5 heteroatoms. The lowest BCUT2D eigenvalue weighted by molar-refractivity contribution is 0.0516. The molecule has 0 aromatic carbocycles. The number of aryl methyl sites for hydroxylation is 1. The summed E-state index contributed by atoms with van der Waals surface area (Å²) in [5.41, 5.74) is 0.484. The number of aromatic nitrogens is 2. The molecular weight excluding hydrogens is 206 g/mol. The second-order valence-electron chi connectivity index (χ2n) is 3.55. The number of anilines is 1. The number of ether oxygens (including phenoxy) is 1. The van der Waals surface area contributed by atoms with Crippen LogP contribution in [0.15, 0.2) is 6.33 Å². The minimum atomic E-state index is -0.332. The number of nitrogens with zero attached hydrogens (tertiary/aromatic N) is 2. The average molecular weight is 225 g/mol. The van der Waals surface area contributed by atoms with Crippen LogP contribution < -0.4 is 5.32 Å². The maximum atomic E-state index is 11.7. The second-order valence-corrected chi connectivity index (χ2v) is 3.55. The minimum absolute atomic E-state index is 0.332. The molecule has 0 amide bonds. The molecule has 1 N–H and O–H groups in total. The highest BCUT2D eigenvalue weighted by molar-refractivity contribution is 5.92. The van der Waals surface area contributed by atoms with E-state index in [1.54, 1.807) is 24.9 Å². The van der Waals surface area contributed by atoms with Gasteiger partial charge >= 0.3 is 5.97 Å². The number of hydrogen-bond donors (Lipinski definition) is 1. The highest BCUT2D eigenvalue weighted by Gasteiger charge is 2.17. The van der Waals surface area contributed by atoms with E-state index in [4.69, 9.17) is 4.74 Å². The number of nitrogens with one attached hydrogen (secondary N) is 1. The molecule has 0 aliphatic carbocycles. The van der Waals surface area contributed by atoms with Gasteiger partial charge in [0, 0.05) is 13.6 Å². The van der Waals surface area contributed by atoms with Crippen LogP contribution in [0.4, 0.5) is 5.82 Å². The van der Waals surface area contributed by atoms with Crippen molar-refractivity contribution in [3.8, 4) is 0 Å². The summed E-state index contributed by atoms with van der Waals surface area (Å²) >= 11 is 0. The second kappa shape index (κ2) is 6.15. The van der Waals surface area contributed by atoms with Crippen molar-refractivity contribution < 1.29 is 9.53 Å². The van der Waals surface area contributed by atoms with E-state index in [0.717, 1.165) is 19.4 Å². The molecule has 1 aromatic heterocycles. The normalized spacial score (nSPS) is 10.2. The number of hydrogen-bond acceptors (Lipinski definition) is 4. The SMILES string of the molecule is CCCCNc1ncn(C)c1C(=O)OCC. The Morgan fingerprint density at radius 1 is 1.56 bits per heavy atom. The first-order valence-electron chi connectivity index (χ1n) is 5.63. The molecule has 16 heavy (non-hydrogen) atoms. The molecule has 1 aromatic rings. The van der Waals surface area contributed by atoms with Crippen LogP contribution in [-0.2, 0) is 11.8 Å². The number of carbonyl (C=O) groups excluding carboxylic acids is 1. The summed E-state index contributed by atoms with van der Waals surface area (Å²) in [5, 5.41) is 3.14. The predicted molar refractivity (Wildman–Crippen MR) is 62.6 cm³/mol. The van der Waals surface area contributed by atoms with Crippen LogP contribution in [0.25, 0.3) is 0 Å². The molecule has 1 heterocycles. The van der Waals surface area contributed by atoms with Crippen molar-refractivity contribution in [2.75, 3.05) is 18.5 Å². The van der Waals surface area contributed by atoms with Gasteiger partial charge in [0.15, 0.2) is 11.5 Å². The summed E-state index contributed by atoms with van der Waals surface area (Å²) in [5.74, 6) is 0.274. The van der Waals surface area contributed by atoms with E-state index in [1.807, 2.05) is 0 Å². The predicted octanol–water partition coefficient (Wildman–Crippen LogP) is 1.81. The molecule has 0 fully saturated rings. The van der Waals surface area contributed by atoms with Gasteiger partial charge in [-0.2, -0.15) is 0 Å². The van der Waals surface area contributed by atoms with Gasteiger partial charge in [-0.15, -0.1) is 0 Å². The van der Waals surface area contributed by atoms with Crippen LogP contribution in [0.2, 0.25) is 0 Å². The number of esters is 1. The zero-order valence-electron chi connectivity index (χ0n) is 10.1. The first-order chi connectivity index (χ1) is 7.70. The third-order valence-corrected chi connectivity index (χ3v) is 2.23. The topological polar surface area (TPSA) is 56.2 Å². The largest absolute Gasteiger partial charge is 0.461 e. The van der Waals surface area contributed by atoms with Crippen molar-refractivity contribution in [2.45, 2.75) is 26.7 Å². The average Bonchev–Trinajstić information content (AvgIpc) is 2.61. The van der Waals surface area contributed by atoms with Gasteiger partial charge in [0.25, 0.3) is 0 Å². The lowest BCUT2D eigenvalue weighted by Crippen LogP contribution is -2.13. The molecule has 0 bridgehead atoms. The van der Waals surface area contributed by atoms with Crippen LogP contribution in [0.3, 0.4) is 0 Å². The molecule has 1 rings (SSSR count). The van der Waals surface area contributed by atoms with Crippen LogP contribution in [0.5, 0.6) is 0 Å². The molecular formula is C11H19N3O2. The summed E-state index contributed by atoms with van der Waals surface area (Å²) in [6.45, 7) is 5.10. The van der Waals surface area contributed by atoms with Crippen molar-refractivity contribution in [2.24, 2.45) is 7.05 Å². The smallest absolute Gasteiger partial charge is 0.358 e. The van der Waals surface area contributed by atoms with E-state index in [2.05, 4.69) is 17.2 Å². The highest BCUT2D eigenvalue weighted by Crippen LogP contribution is 2.13. The fourth-order valence-corrected chi connectivity index (χ4v) is 1.38. The zero-order chi connectivity index (χ0) is 12.0. The Bertz CT molecular complexity index is 347. The van der Waals surface area contributed by atoms with Crippen LogP contribution >= 0.6 is 0 Å². The Hall–Kier alpha value is -1.52. The van der Waals surface area contributed by atoms with Crippen LogP contribution in [0, 0.1) is 0 Å². The fourth-order valence-electron chi connectivity index (χ4n) is 1.38. The van der Waals surface area contributed by atoms with Gasteiger partial charge in [0.05, 0.1) is 12.9 Å². The standard InChI is InChI=1S/C11H19N3O2/c1-4-6-7-12-10-9(11(15)16-5-2)14(3)8-13-10/h8,12H,4-7H2,1-3H3. The molecule has 0 radical (unpaired) electrons. The highest BCUT2D eigenvalue weighted by atomic mass is 16.5. The Kier molecular flexibility index (Phi) is 4.82. The Balaban J connectivity index is 2.73. The zero-order valence-corrected chi connectivity index (χ0v) is 10.1. The molecule has 0 aliphatic rings. The van der Waals surface area contributed by atoms with Crippen molar-refractivity contribution in [1.29, 1.82) is 0 Å². The number of unbranched alkanes of at least 4 members (excludes halogenated alkanes) is 1. The van der Waals surface area contributed by atoms with Gasteiger partial charge < -0.3 is 14.6 Å². The van der Waals surface area contributed by atoms with Gasteiger partial charge in [-0.3, -0.25) is 0 Å². The van der Waals surface area contributed by atoms with Crippen molar-refractivity contribution >= 4 is 11.8 Å². The summed E-state index contributed by atoms with van der Waals surface area (Å²) in [7, 11) is 1.78. The first-order valence-corrected chi connectivity index (χ1v) is 5.63. The molecule has 5 nitrogen and oxygen atoms in total. The van der Waals surface area contributed by atoms with E-state index in [-0.39, 0.29) is 5.97 Å². The molecule has 0 saturated heterocycles. The van der Waals surface area contributed by atoms with Gasteiger partial charge in [-0.25, -0.2) is 9.78 Å². The maximum absolute atomic E-state index is 11.7. The monoisotopic (exact) mass is 225 g/mol. The summed E-state index contributed by atoms with van der Waals surface area (Å²) in [4.78, 5) is 15.8. The summed E-state index contributed by atoms with van der Waals surface area (Å²) < 4.78 is 6.65. The third kappa shape index (κ3) is 2.98. The van der Waals surface area contributed by atoms with Crippen molar-refractivity contribution in [3.05, 3.63) is 12.0 Å². The minimum Gasteiger partial charge on any atom is -0.461 e. The molecule has 0 spiro atoms. The number of rotatable bonds is 6. The Morgan fingerprint density at radius 2 is 2.31 bits per heavy atom. The Labute approximate surface area is 95.8 Å². The van der Waals surface area contributed by atoms with E-state index >= 15 is 0 Å². The third-order valence-electron chi connectivity index (χ3n) is 2.23. The molecule has 0 aliphatic heterocycles. The van der Waals surface area contributed by atoms with Gasteiger partial charge in [0.1, 0.15) is 0 Å². The molecule has 0 unspecified atom stereocenters. The molecule has 0 atom stereocenters. The number of carbonyl (C=O) groups is 1. The summed E-state index contributed by atoms with van der Waals surface area (Å²) in [6, 6.07) is 0. The molecule has 90 valence electrons. The van der Waals surface area contributed by atoms with E-state index in [1.165, 1.54) is 0 Å². The van der Waals surface area contributed by atoms with Gasteiger partial charge in [-0.1, -0.05) is 13.3 Å². The van der Waals surface area contributed by atoms with E-state index in [9.17, 15) is 4.79 Å².